The van der Waals surface area contributed by atoms with Gasteiger partial charge in [0.2, 0.25) is 0 Å². The van der Waals surface area contributed by atoms with Crippen molar-refractivity contribution in [1.82, 2.24) is 0 Å². The Hall–Kier alpha value is 8.85. The van der Waals surface area contributed by atoms with Gasteiger partial charge in [0.15, 0.2) is 12.6 Å². The number of aliphatic hydroxyl groups excluding tert-OH is 14. The van der Waals surface area contributed by atoms with Crippen LogP contribution in [0.4, 0.5) is 0 Å². The fraction of sp³-hybridized carbons (Fsp3) is 0.867. The molecule has 9 unspecified atom stereocenters. The molecule has 55 heavy (non-hydrogen) atoms. The molecule has 0 aliphatic carbocycles. The van der Waals surface area contributed by atoms with Gasteiger partial charge < -0.3 is 90.4 Å². The van der Waals surface area contributed by atoms with Crippen LogP contribution in [0.1, 0.15) is 40.5 Å². The molecule has 4 aliphatic rings. The number of hydrogen-bond acceptors (Lipinski definition) is 18. The Morgan fingerprint density at radius 3 is 0.745 bits per heavy atom. The van der Waals surface area contributed by atoms with E-state index in [1.807, 2.05) is 0 Å². The largest absolute Gasteiger partial charge is 0.388 e. The van der Waals surface area contributed by atoms with Crippen molar-refractivity contribution in [3.63, 3.8) is 0 Å². The fourth-order valence-corrected chi connectivity index (χ4v) is 5.05. The van der Waals surface area contributed by atoms with Gasteiger partial charge in [-0.3, -0.25) is 0 Å². The standard InChI is InChI=1S/2C9H16O4.2C6H12O5.7Ac/c2*1-3-4-6-8(11)9(12)7(10)5(2)13-6;2*1-2-3(7)4(8)5(9)6(10)11-2;;;;;;;/h2*3,5-12H,1,4H2,2H3;2*2-10H,1H3;;;;;;;/t5-,6?,7?,8?,9?;5-,6-,7+,8+,9+;2-,3?,4?,5?,6?;2-,3+,4+,5-,6?;;;;;;;/m0000......./s1. The maximum Gasteiger partial charge on any atom is 0.183 e. The number of aliphatic hydroxyl groups is 14. The summed E-state index contributed by atoms with van der Waals surface area (Å²) in [6.07, 6.45) is -16.0. The van der Waals surface area contributed by atoms with E-state index in [1.54, 1.807) is 26.0 Å². The molecule has 0 amide bonds. The molecule has 0 bridgehead atoms. The van der Waals surface area contributed by atoms with Crippen LogP contribution in [0, 0.1) is 308 Å². The smallest absolute Gasteiger partial charge is 0.183 e. The average Bonchev–Trinajstić information content (AvgIpc) is 3.05. The van der Waals surface area contributed by atoms with Gasteiger partial charge in [0, 0.05) is 308 Å². The Kier molecular flexibility index (Phi) is 57.8. The van der Waals surface area contributed by atoms with E-state index in [0.29, 0.717) is 12.8 Å². The molecule has 4 heterocycles. The molecular weight excluding hydrogens is 2240 g/mol. The fourth-order valence-electron chi connectivity index (χ4n) is 5.05. The Morgan fingerprint density at radius 1 is 0.327 bits per heavy atom. The summed E-state index contributed by atoms with van der Waals surface area (Å²) >= 11 is 0. The first-order valence-corrected chi connectivity index (χ1v) is 15.6. The summed E-state index contributed by atoms with van der Waals surface area (Å²) in [5.41, 5.74) is 0. The summed E-state index contributed by atoms with van der Waals surface area (Å²) in [6, 6.07) is 0. The van der Waals surface area contributed by atoms with Crippen LogP contribution in [0.5, 0.6) is 0 Å². The Morgan fingerprint density at radius 2 is 0.527 bits per heavy atom. The molecule has 0 aromatic rings. The number of hydrogen-bond donors (Lipinski definition) is 14. The summed E-state index contributed by atoms with van der Waals surface area (Å²) in [5, 5.41) is 128. The normalized spacial score (nSPS) is 42.8. The van der Waals surface area contributed by atoms with Gasteiger partial charge in [0.25, 0.3) is 0 Å². The van der Waals surface area contributed by atoms with Gasteiger partial charge in [-0.1, -0.05) is 12.2 Å². The summed E-state index contributed by atoms with van der Waals surface area (Å²) < 4.78 is 19.9. The molecule has 0 spiro atoms. The van der Waals surface area contributed by atoms with E-state index >= 15 is 0 Å². The van der Waals surface area contributed by atoms with E-state index in [-0.39, 0.29) is 308 Å². The molecule has 0 aromatic heterocycles. The Labute approximate surface area is 573 Å². The first-order chi connectivity index (χ1) is 22.2. The van der Waals surface area contributed by atoms with E-state index in [0.717, 1.165) is 0 Å². The van der Waals surface area contributed by atoms with E-state index in [4.69, 9.17) is 50.3 Å². The number of rotatable bonds is 4. The van der Waals surface area contributed by atoms with Crippen molar-refractivity contribution in [3.05, 3.63) is 25.3 Å². The minimum atomic E-state index is -1.43. The van der Waals surface area contributed by atoms with Gasteiger partial charge >= 0.3 is 0 Å². The van der Waals surface area contributed by atoms with Gasteiger partial charge in [0.05, 0.1) is 36.6 Å². The van der Waals surface area contributed by atoms with Crippen LogP contribution in [0.15, 0.2) is 25.3 Å². The van der Waals surface area contributed by atoms with Gasteiger partial charge in [-0.25, -0.2) is 0 Å². The molecular formula is C30H56Ac7O18. The van der Waals surface area contributed by atoms with Crippen LogP contribution < -0.4 is 0 Å². The molecule has 0 aromatic carbocycles. The quantitative estimate of drug-likeness (QED) is 0.117. The van der Waals surface area contributed by atoms with E-state index < -0.39 is 122 Å². The molecule has 14 N–H and O–H groups in total. The minimum Gasteiger partial charge on any atom is -0.388 e. The molecule has 4 fully saturated rings. The summed E-state index contributed by atoms with van der Waals surface area (Å²) in [7, 11) is 0. The second-order valence-corrected chi connectivity index (χ2v) is 12.2. The van der Waals surface area contributed by atoms with Crippen molar-refractivity contribution in [2.45, 2.75) is 163 Å². The van der Waals surface area contributed by atoms with Crippen molar-refractivity contribution >= 4 is 0 Å². The molecule has 4 aliphatic heterocycles. The monoisotopic (exact) mass is 2290 g/mol. The van der Waals surface area contributed by atoms with Crippen LogP contribution in [0.25, 0.3) is 0 Å². The Bertz CT molecular complexity index is 861. The first-order valence-electron chi connectivity index (χ1n) is 15.6. The summed E-state index contributed by atoms with van der Waals surface area (Å²) in [4.78, 5) is 0. The second kappa shape index (κ2) is 40.7. The molecule has 20 atom stereocenters. The third-order valence-corrected chi connectivity index (χ3v) is 8.35. The average molecular weight is 2290 g/mol. The van der Waals surface area contributed by atoms with Crippen LogP contribution in [-0.4, -0.2) is 194 Å². The third kappa shape index (κ3) is 25.9. The molecule has 4 saturated heterocycles. The molecule has 305 valence electrons. The molecule has 25 heteroatoms. The second-order valence-electron chi connectivity index (χ2n) is 12.2. The van der Waals surface area contributed by atoms with E-state index in [1.165, 1.54) is 13.8 Å². The first kappa shape index (κ1) is 78.0. The van der Waals surface area contributed by atoms with Crippen molar-refractivity contribution in [1.29, 1.82) is 0 Å². The zero-order chi connectivity index (χ0) is 37.2. The minimum absolute atomic E-state index is 0. The van der Waals surface area contributed by atoms with Crippen LogP contribution >= 0.6 is 0 Å². The van der Waals surface area contributed by atoms with Gasteiger partial charge in [-0.05, 0) is 40.5 Å². The van der Waals surface area contributed by atoms with E-state index in [9.17, 15) is 30.6 Å². The molecule has 0 saturated carbocycles. The SMILES string of the molecule is C=CCC1O[C@@H](C)C(O)C(O)C1O.C=CC[C@@H]1O[C@@H](C)[C@@H](O)[C@@H](O)[C@@H]1O.C[C@@H]1OC(O)C(O)C(O)C1O.C[C@@H]1OC(O)[C@@H](O)[C@H](O)[C@@H]1O.[Ac].[Ac].[Ac].[Ac].[Ac].[Ac].[Ac]. The predicted molar refractivity (Wildman–Crippen MR) is 163 cm³/mol. The van der Waals surface area contributed by atoms with Crippen LogP contribution in [0.2, 0.25) is 0 Å². The van der Waals surface area contributed by atoms with Crippen molar-refractivity contribution in [3.8, 4) is 0 Å². The maximum atomic E-state index is 9.47. The zero-order valence-corrected chi connectivity index (χ0v) is 64.7. The summed E-state index contributed by atoms with van der Waals surface area (Å²) in [6.45, 7) is 13.4. The van der Waals surface area contributed by atoms with Crippen LogP contribution in [-0.2, 0) is 18.9 Å². The topological polar surface area (TPSA) is 320 Å². The van der Waals surface area contributed by atoms with Crippen molar-refractivity contribution < 1.29 is 399 Å². The number of ether oxygens (including phenoxy) is 4. The maximum absolute atomic E-state index is 9.47. The molecule has 18 nitrogen and oxygen atoms in total. The Balaban J connectivity index is -0.000000107. The van der Waals surface area contributed by atoms with Crippen molar-refractivity contribution in [2.24, 2.45) is 0 Å². The van der Waals surface area contributed by atoms with Crippen LogP contribution in [0.3, 0.4) is 0 Å². The van der Waals surface area contributed by atoms with Gasteiger partial charge in [-0.2, -0.15) is 0 Å². The van der Waals surface area contributed by atoms with Crippen molar-refractivity contribution in [2.75, 3.05) is 0 Å². The van der Waals surface area contributed by atoms with Gasteiger partial charge in [0.1, 0.15) is 73.2 Å². The summed E-state index contributed by atoms with van der Waals surface area (Å²) in [5.74, 6) is 0. The molecule has 7 radical (unpaired) electrons. The van der Waals surface area contributed by atoms with E-state index in [2.05, 4.69) is 22.6 Å². The zero-order valence-electron chi connectivity index (χ0n) is 31.5. The predicted octanol–water partition coefficient (Wildman–Crippen LogP) is -5.52. The van der Waals surface area contributed by atoms with Gasteiger partial charge in [-0.15, -0.1) is 13.2 Å². The molecule has 4 rings (SSSR count). The third-order valence-electron chi connectivity index (χ3n) is 8.35.